The highest BCUT2D eigenvalue weighted by molar-refractivity contribution is 5.61. The lowest BCUT2D eigenvalue weighted by Gasteiger charge is -2.23. The first-order chi connectivity index (χ1) is 12.7. The minimum Gasteiger partial charge on any atom is -0.491 e. The molecule has 1 atom stereocenters. The fourth-order valence-corrected chi connectivity index (χ4v) is 3.23. The Morgan fingerprint density at radius 1 is 1.31 bits per heavy atom. The number of pyridine rings is 1. The fraction of sp³-hybridized carbons (Fsp3) is 0.421. The van der Waals surface area contributed by atoms with Gasteiger partial charge in [0.1, 0.15) is 11.4 Å². The lowest BCUT2D eigenvalue weighted by molar-refractivity contribution is 0.242. The zero-order chi connectivity index (χ0) is 17.9. The van der Waals surface area contributed by atoms with Crippen molar-refractivity contribution in [2.45, 2.75) is 38.8 Å². The van der Waals surface area contributed by atoms with Gasteiger partial charge in [0.25, 0.3) is 0 Å². The molecule has 0 saturated carbocycles. The van der Waals surface area contributed by atoms with Gasteiger partial charge in [-0.05, 0) is 45.4 Å². The molecule has 3 aromatic rings. The molecule has 1 aliphatic heterocycles. The molecule has 1 aliphatic rings. The molecule has 7 heteroatoms. The van der Waals surface area contributed by atoms with Crippen LogP contribution >= 0.6 is 0 Å². The van der Waals surface area contributed by atoms with Crippen molar-refractivity contribution in [1.29, 1.82) is 0 Å². The van der Waals surface area contributed by atoms with E-state index in [0.29, 0.717) is 12.0 Å². The van der Waals surface area contributed by atoms with Crippen molar-refractivity contribution in [3.63, 3.8) is 0 Å². The largest absolute Gasteiger partial charge is 0.491 e. The second-order valence-electron chi connectivity index (χ2n) is 6.85. The van der Waals surface area contributed by atoms with Crippen LogP contribution in [0.25, 0.3) is 17.0 Å². The molecule has 3 aromatic heterocycles. The van der Waals surface area contributed by atoms with Crippen LogP contribution in [0.4, 0.5) is 5.95 Å². The van der Waals surface area contributed by atoms with Gasteiger partial charge in [-0.15, -0.1) is 0 Å². The summed E-state index contributed by atoms with van der Waals surface area (Å²) in [5.74, 6) is 1.48. The van der Waals surface area contributed by atoms with Crippen molar-refractivity contribution in [2.24, 2.45) is 0 Å². The highest BCUT2D eigenvalue weighted by Gasteiger charge is 2.15. The smallest absolute Gasteiger partial charge is 0.223 e. The summed E-state index contributed by atoms with van der Waals surface area (Å²) < 4.78 is 7.76. The number of piperidine rings is 1. The minimum atomic E-state index is 0.136. The van der Waals surface area contributed by atoms with Crippen LogP contribution in [0.15, 0.2) is 36.8 Å². The van der Waals surface area contributed by atoms with E-state index in [4.69, 9.17) is 4.74 Å². The van der Waals surface area contributed by atoms with Crippen LogP contribution in [0.3, 0.4) is 0 Å². The predicted octanol–water partition coefficient (Wildman–Crippen LogP) is 2.74. The average molecular weight is 352 g/mol. The van der Waals surface area contributed by atoms with Gasteiger partial charge in [-0.3, -0.25) is 4.40 Å². The van der Waals surface area contributed by atoms with Crippen LogP contribution in [0.2, 0.25) is 0 Å². The Morgan fingerprint density at radius 3 is 3.04 bits per heavy atom. The predicted molar refractivity (Wildman–Crippen MR) is 101 cm³/mol. The maximum Gasteiger partial charge on any atom is 0.223 e. The second kappa shape index (κ2) is 7.29. The summed E-state index contributed by atoms with van der Waals surface area (Å²) in [4.78, 5) is 13.6. The molecule has 136 valence electrons. The van der Waals surface area contributed by atoms with Gasteiger partial charge in [-0.2, -0.15) is 0 Å². The molecule has 0 aliphatic carbocycles. The van der Waals surface area contributed by atoms with E-state index in [9.17, 15) is 0 Å². The molecular weight excluding hydrogens is 328 g/mol. The fourth-order valence-electron chi connectivity index (χ4n) is 3.23. The minimum absolute atomic E-state index is 0.136. The van der Waals surface area contributed by atoms with Gasteiger partial charge < -0.3 is 15.4 Å². The molecule has 1 saturated heterocycles. The maximum absolute atomic E-state index is 5.75. The summed E-state index contributed by atoms with van der Waals surface area (Å²) in [6, 6.07) is 6.17. The second-order valence-corrected chi connectivity index (χ2v) is 6.85. The highest BCUT2D eigenvalue weighted by Crippen LogP contribution is 2.23. The lowest BCUT2D eigenvalue weighted by atomic mass is 10.1. The number of aromatic nitrogens is 4. The van der Waals surface area contributed by atoms with Crippen LogP contribution < -0.4 is 15.4 Å². The van der Waals surface area contributed by atoms with Crippen molar-refractivity contribution >= 4 is 11.6 Å². The molecule has 4 heterocycles. The van der Waals surface area contributed by atoms with E-state index < -0.39 is 0 Å². The van der Waals surface area contributed by atoms with Gasteiger partial charge in [0.05, 0.1) is 23.7 Å². The van der Waals surface area contributed by atoms with Gasteiger partial charge in [-0.25, -0.2) is 15.0 Å². The van der Waals surface area contributed by atoms with Gasteiger partial charge >= 0.3 is 0 Å². The van der Waals surface area contributed by atoms with Crippen molar-refractivity contribution in [3.05, 3.63) is 36.8 Å². The Bertz CT molecular complexity index is 885. The summed E-state index contributed by atoms with van der Waals surface area (Å²) >= 11 is 0. The molecule has 7 nitrogen and oxygen atoms in total. The molecule has 26 heavy (non-hydrogen) atoms. The van der Waals surface area contributed by atoms with Crippen molar-refractivity contribution < 1.29 is 4.74 Å². The molecule has 0 amide bonds. The molecule has 1 fully saturated rings. The van der Waals surface area contributed by atoms with E-state index in [-0.39, 0.29) is 6.10 Å². The van der Waals surface area contributed by atoms with Gasteiger partial charge in [0, 0.05) is 31.0 Å². The Hall–Kier alpha value is -2.67. The molecule has 2 N–H and O–H groups in total. The van der Waals surface area contributed by atoms with Crippen LogP contribution in [-0.2, 0) is 0 Å². The average Bonchev–Trinajstić information content (AvgIpc) is 3.05. The molecule has 0 radical (unpaired) electrons. The quantitative estimate of drug-likeness (QED) is 0.735. The number of ether oxygens (including phenoxy) is 1. The number of fused-ring (bicyclic) bond motifs is 1. The summed E-state index contributed by atoms with van der Waals surface area (Å²) in [6.07, 6.45) is 8.03. The monoisotopic (exact) mass is 352 g/mol. The first-order valence-corrected chi connectivity index (χ1v) is 9.13. The van der Waals surface area contributed by atoms with Gasteiger partial charge in [-0.1, -0.05) is 0 Å². The highest BCUT2D eigenvalue weighted by atomic mass is 16.5. The lowest BCUT2D eigenvalue weighted by Crippen LogP contribution is -2.38. The first kappa shape index (κ1) is 16.8. The number of hydrogen-bond donors (Lipinski definition) is 2. The van der Waals surface area contributed by atoms with Crippen LogP contribution in [0, 0.1) is 0 Å². The van der Waals surface area contributed by atoms with Crippen LogP contribution in [-0.4, -0.2) is 44.6 Å². The maximum atomic E-state index is 5.75. The summed E-state index contributed by atoms with van der Waals surface area (Å²) in [6.45, 7) is 6.06. The normalized spacial score (nSPS) is 17.6. The van der Waals surface area contributed by atoms with Crippen LogP contribution in [0.1, 0.15) is 26.7 Å². The topological polar surface area (TPSA) is 76.4 Å². The molecule has 0 spiro atoms. The third-order valence-electron chi connectivity index (χ3n) is 4.40. The number of nitrogens with one attached hydrogen (secondary N) is 2. The SMILES string of the molecule is CC(C)Oc1ccn2c(-c3ccnc(N[C@@H]4CCCNC4)n3)cnc2c1. The van der Waals surface area contributed by atoms with Crippen molar-refractivity contribution in [2.75, 3.05) is 18.4 Å². The van der Waals surface area contributed by atoms with Gasteiger partial charge in [0.15, 0.2) is 0 Å². The first-order valence-electron chi connectivity index (χ1n) is 9.13. The number of rotatable bonds is 5. The standard InChI is InChI=1S/C19H24N6O/c1-13(2)26-15-6-9-25-17(12-22-18(25)10-15)16-5-8-21-19(24-16)23-14-4-3-7-20-11-14/h5-6,8-10,12-14,20H,3-4,7,11H2,1-2H3,(H,21,23,24)/t14-/m1/s1. The zero-order valence-electron chi connectivity index (χ0n) is 15.1. The third-order valence-corrected chi connectivity index (χ3v) is 4.40. The van der Waals surface area contributed by atoms with E-state index in [1.165, 1.54) is 6.42 Å². The molecule has 0 bridgehead atoms. The van der Waals surface area contributed by atoms with Gasteiger partial charge in [0.2, 0.25) is 5.95 Å². The molecule has 0 unspecified atom stereocenters. The number of nitrogens with zero attached hydrogens (tertiary/aromatic N) is 4. The summed E-state index contributed by atoms with van der Waals surface area (Å²) in [5, 5.41) is 6.82. The molecule has 4 rings (SSSR count). The third kappa shape index (κ3) is 3.62. The Balaban J connectivity index is 1.59. The number of anilines is 1. The van der Waals surface area contributed by atoms with E-state index in [1.807, 2.05) is 48.8 Å². The van der Waals surface area contributed by atoms with E-state index in [0.717, 1.165) is 42.3 Å². The number of imidazole rings is 1. The Labute approximate surface area is 152 Å². The summed E-state index contributed by atoms with van der Waals surface area (Å²) in [7, 11) is 0. The summed E-state index contributed by atoms with van der Waals surface area (Å²) in [5.41, 5.74) is 2.61. The van der Waals surface area contributed by atoms with Crippen molar-refractivity contribution in [3.8, 4) is 17.1 Å². The molecule has 0 aromatic carbocycles. The van der Waals surface area contributed by atoms with E-state index in [2.05, 4.69) is 25.6 Å². The van der Waals surface area contributed by atoms with Crippen molar-refractivity contribution in [1.82, 2.24) is 24.7 Å². The van der Waals surface area contributed by atoms with E-state index in [1.54, 1.807) is 6.20 Å². The van der Waals surface area contributed by atoms with Crippen LogP contribution in [0.5, 0.6) is 5.75 Å². The molecular formula is C19H24N6O. The Kier molecular flexibility index (Phi) is 4.71. The number of hydrogen-bond acceptors (Lipinski definition) is 6. The zero-order valence-corrected chi connectivity index (χ0v) is 15.1. The Morgan fingerprint density at radius 2 is 2.23 bits per heavy atom. The van der Waals surface area contributed by atoms with E-state index >= 15 is 0 Å².